The van der Waals surface area contributed by atoms with Crippen LogP contribution in [0, 0.1) is 0 Å². The van der Waals surface area contributed by atoms with Crippen LogP contribution in [-0.4, -0.2) is 44.2 Å². The van der Waals surface area contributed by atoms with Crippen molar-refractivity contribution in [3.05, 3.63) is 55.0 Å². The van der Waals surface area contributed by atoms with E-state index in [4.69, 9.17) is 9.26 Å². The summed E-state index contributed by atoms with van der Waals surface area (Å²) in [6.07, 6.45) is 9.77. The minimum absolute atomic E-state index is 0.0115. The number of halogens is 1. The van der Waals surface area contributed by atoms with Gasteiger partial charge in [0, 0.05) is 60.9 Å². The molecule has 0 aliphatic heterocycles. The second-order valence-electron chi connectivity index (χ2n) is 9.75. The number of hydrogen-bond donors (Lipinski definition) is 0. The van der Waals surface area contributed by atoms with Gasteiger partial charge in [0.05, 0.1) is 24.3 Å². The third-order valence-electron chi connectivity index (χ3n) is 5.59. The number of aryl methyl sites for hydroxylation is 1. The van der Waals surface area contributed by atoms with Crippen molar-refractivity contribution < 1.29 is 18.4 Å². The van der Waals surface area contributed by atoms with E-state index in [2.05, 4.69) is 31.7 Å². The molecule has 10 heteroatoms. The number of aromatic nitrogens is 5. The van der Waals surface area contributed by atoms with E-state index in [0.29, 0.717) is 43.0 Å². The number of allylic oxidation sites excluding steroid dienone is 1. The molecule has 0 saturated carbocycles. The molecule has 0 N–H and O–H groups in total. The molecule has 198 valence electrons. The normalized spacial score (nSPS) is 11.4. The average molecular weight is 511 g/mol. The van der Waals surface area contributed by atoms with Crippen LogP contribution in [0.15, 0.2) is 47.8 Å². The molecule has 3 aromatic heterocycles. The molecule has 3 rings (SSSR count). The fourth-order valence-corrected chi connectivity index (χ4v) is 3.56. The van der Waals surface area contributed by atoms with Gasteiger partial charge in [-0.1, -0.05) is 38.9 Å². The van der Waals surface area contributed by atoms with Crippen LogP contribution >= 0.6 is 0 Å². The van der Waals surface area contributed by atoms with Crippen LogP contribution in [0.3, 0.4) is 0 Å². The van der Waals surface area contributed by atoms with Gasteiger partial charge < -0.3 is 14.2 Å². The van der Waals surface area contributed by atoms with E-state index in [-0.39, 0.29) is 24.2 Å². The Hall–Kier alpha value is -3.69. The number of anilines is 1. The molecule has 37 heavy (non-hydrogen) atoms. The molecule has 0 bridgehead atoms. The Bertz CT molecular complexity index is 1170. The first-order chi connectivity index (χ1) is 17.7. The third kappa shape index (κ3) is 8.44. The summed E-state index contributed by atoms with van der Waals surface area (Å²) in [4.78, 5) is 31.9. The lowest BCUT2D eigenvalue weighted by Crippen LogP contribution is -2.32. The molecule has 0 radical (unpaired) electrons. The van der Waals surface area contributed by atoms with Gasteiger partial charge in [-0.3, -0.25) is 9.78 Å². The summed E-state index contributed by atoms with van der Waals surface area (Å²) < 4.78 is 23.9. The zero-order valence-corrected chi connectivity index (χ0v) is 22.0. The molecule has 3 aromatic rings. The first kappa shape index (κ1) is 27.9. The van der Waals surface area contributed by atoms with Crippen LogP contribution < -0.4 is 9.64 Å². The Balaban J connectivity index is 1.65. The van der Waals surface area contributed by atoms with Crippen molar-refractivity contribution in [3.8, 4) is 17.1 Å². The molecule has 9 nitrogen and oxygen atoms in total. The van der Waals surface area contributed by atoms with Gasteiger partial charge in [-0.25, -0.2) is 14.4 Å². The lowest BCUT2D eigenvalue weighted by molar-refractivity contribution is -0.118. The quantitative estimate of drug-likeness (QED) is 0.272. The Morgan fingerprint density at radius 1 is 1.08 bits per heavy atom. The first-order valence-corrected chi connectivity index (χ1v) is 12.5. The maximum Gasteiger partial charge on any atom is 0.316 e. The second-order valence-corrected chi connectivity index (χ2v) is 9.75. The smallest absolute Gasteiger partial charge is 0.316 e. The van der Waals surface area contributed by atoms with Crippen molar-refractivity contribution in [2.45, 2.75) is 71.6 Å². The zero-order valence-electron chi connectivity index (χ0n) is 22.0. The molecule has 0 saturated heterocycles. The van der Waals surface area contributed by atoms with Crippen LogP contribution in [0.4, 0.5) is 10.1 Å². The largest absolute Gasteiger partial charge is 0.464 e. The van der Waals surface area contributed by atoms with Crippen LogP contribution in [0.2, 0.25) is 0 Å². The number of pyridine rings is 1. The zero-order chi connectivity index (χ0) is 26.8. The predicted octanol–water partition coefficient (Wildman–Crippen LogP) is 5.63. The monoisotopic (exact) mass is 510 g/mol. The molecule has 0 fully saturated rings. The van der Waals surface area contributed by atoms with E-state index in [1.165, 1.54) is 0 Å². The molecule has 0 unspecified atom stereocenters. The van der Waals surface area contributed by atoms with Crippen LogP contribution in [0.25, 0.3) is 11.1 Å². The van der Waals surface area contributed by atoms with Crippen molar-refractivity contribution >= 4 is 11.6 Å². The van der Waals surface area contributed by atoms with E-state index < -0.39 is 5.83 Å². The van der Waals surface area contributed by atoms with Crippen LogP contribution in [0.1, 0.15) is 71.5 Å². The highest BCUT2D eigenvalue weighted by atomic mass is 19.1. The topological polar surface area (TPSA) is 107 Å². The highest BCUT2D eigenvalue weighted by Crippen LogP contribution is 2.25. The highest BCUT2D eigenvalue weighted by molar-refractivity contribution is 5.93. The first-order valence-electron chi connectivity index (χ1n) is 12.5. The molecule has 0 aliphatic rings. The SMILES string of the molecule is C=C(F)CCC(=O)N(CCCCCc1nc(C(C)(C)C)no1)c1cncc(-c2cnc(OCC)nc2)c1. The van der Waals surface area contributed by atoms with E-state index in [1.54, 1.807) is 29.7 Å². The lowest BCUT2D eigenvalue weighted by atomic mass is 9.96. The Labute approximate surface area is 217 Å². The Kier molecular flexibility index (Phi) is 9.82. The minimum atomic E-state index is -0.513. The number of unbranched alkanes of at least 4 members (excludes halogenated alkanes) is 2. The molecule has 0 aliphatic carbocycles. The number of carbonyl (C=O) groups excluding carboxylic acids is 1. The molecule has 0 spiro atoms. The van der Waals surface area contributed by atoms with Crippen molar-refractivity contribution in [1.29, 1.82) is 0 Å². The van der Waals surface area contributed by atoms with Gasteiger partial charge in [0.15, 0.2) is 5.82 Å². The fourth-order valence-electron chi connectivity index (χ4n) is 3.56. The van der Waals surface area contributed by atoms with Crippen LogP contribution in [-0.2, 0) is 16.6 Å². The predicted molar refractivity (Wildman–Crippen MR) is 139 cm³/mol. The van der Waals surface area contributed by atoms with Gasteiger partial charge in [0.1, 0.15) is 0 Å². The molecule has 0 aromatic carbocycles. The van der Waals surface area contributed by atoms with Crippen molar-refractivity contribution in [3.63, 3.8) is 0 Å². The summed E-state index contributed by atoms with van der Waals surface area (Å²) in [5.41, 5.74) is 1.98. The average Bonchev–Trinajstić information content (AvgIpc) is 3.35. The lowest BCUT2D eigenvalue weighted by Gasteiger charge is -2.23. The van der Waals surface area contributed by atoms with Gasteiger partial charge in [-0.05, 0) is 25.8 Å². The summed E-state index contributed by atoms with van der Waals surface area (Å²) in [5, 5.41) is 4.06. The fraction of sp³-hybridized carbons (Fsp3) is 0.481. The van der Waals surface area contributed by atoms with Gasteiger partial charge in [-0.2, -0.15) is 4.98 Å². The number of rotatable bonds is 13. The maximum atomic E-state index is 13.3. The third-order valence-corrected chi connectivity index (χ3v) is 5.59. The summed E-state index contributed by atoms with van der Waals surface area (Å²) in [5.74, 6) is 0.612. The van der Waals surface area contributed by atoms with Gasteiger partial charge in [-0.15, -0.1) is 0 Å². The Morgan fingerprint density at radius 2 is 1.84 bits per heavy atom. The van der Waals surface area contributed by atoms with Crippen LogP contribution in [0.5, 0.6) is 6.01 Å². The van der Waals surface area contributed by atoms with Gasteiger partial charge >= 0.3 is 6.01 Å². The summed E-state index contributed by atoms with van der Waals surface area (Å²) in [7, 11) is 0. The molecule has 0 atom stereocenters. The van der Waals surface area contributed by atoms with E-state index >= 15 is 0 Å². The number of hydrogen-bond acceptors (Lipinski definition) is 8. The highest BCUT2D eigenvalue weighted by Gasteiger charge is 2.21. The molecule has 3 heterocycles. The van der Waals surface area contributed by atoms with E-state index in [9.17, 15) is 9.18 Å². The molecular weight excluding hydrogens is 475 g/mol. The number of nitrogens with zero attached hydrogens (tertiary/aromatic N) is 6. The van der Waals surface area contributed by atoms with Crippen molar-refractivity contribution in [2.75, 3.05) is 18.1 Å². The van der Waals surface area contributed by atoms with Gasteiger partial charge in [0.25, 0.3) is 0 Å². The Morgan fingerprint density at radius 3 is 2.49 bits per heavy atom. The molecular formula is C27H35FN6O3. The van der Waals surface area contributed by atoms with Gasteiger partial charge in [0.2, 0.25) is 11.8 Å². The maximum absolute atomic E-state index is 13.3. The minimum Gasteiger partial charge on any atom is -0.464 e. The van der Waals surface area contributed by atoms with E-state index in [1.807, 2.05) is 33.8 Å². The van der Waals surface area contributed by atoms with E-state index in [0.717, 1.165) is 30.4 Å². The summed E-state index contributed by atoms with van der Waals surface area (Å²) >= 11 is 0. The summed E-state index contributed by atoms with van der Waals surface area (Å²) in [6, 6.07) is 2.16. The second kappa shape index (κ2) is 13.0. The number of ether oxygens (including phenoxy) is 1. The number of carbonyl (C=O) groups is 1. The van der Waals surface area contributed by atoms with Crippen molar-refractivity contribution in [1.82, 2.24) is 25.1 Å². The number of amides is 1. The molecule has 1 amide bonds. The van der Waals surface area contributed by atoms with Crippen molar-refractivity contribution in [2.24, 2.45) is 0 Å². The summed E-state index contributed by atoms with van der Waals surface area (Å²) in [6.45, 7) is 12.2. The standard InChI is InChI=1S/C27H35FN6O3/c1-6-36-26-30-16-21(17-31-26)20-14-22(18-29-15-20)34(24(35)12-11-19(2)28)13-9-7-8-10-23-32-25(33-37-23)27(3,4)5/h14-18H,2,6-13H2,1,3-5H3.